The van der Waals surface area contributed by atoms with Crippen LogP contribution in [0, 0.1) is 5.41 Å². The Kier molecular flexibility index (Phi) is 4.18. The summed E-state index contributed by atoms with van der Waals surface area (Å²) in [6, 6.07) is 0. The van der Waals surface area contributed by atoms with E-state index in [4.69, 9.17) is 4.74 Å². The molecule has 0 radical (unpaired) electrons. The van der Waals surface area contributed by atoms with E-state index in [1.54, 1.807) is 0 Å². The molecule has 0 aliphatic heterocycles. The van der Waals surface area contributed by atoms with Gasteiger partial charge in [-0.15, -0.1) is 0 Å². The van der Waals surface area contributed by atoms with Gasteiger partial charge >= 0.3 is 5.97 Å². The fraction of sp³-hybridized carbons (Fsp3) is 0.727. The summed E-state index contributed by atoms with van der Waals surface area (Å²) in [5.41, 5.74) is 1.86. The summed E-state index contributed by atoms with van der Waals surface area (Å²) >= 11 is 0. The molecule has 76 valence electrons. The van der Waals surface area contributed by atoms with E-state index in [9.17, 15) is 4.79 Å². The van der Waals surface area contributed by atoms with Crippen molar-refractivity contribution in [3.63, 3.8) is 0 Å². The van der Waals surface area contributed by atoms with Crippen LogP contribution in [-0.4, -0.2) is 12.6 Å². The van der Waals surface area contributed by atoms with Crippen LogP contribution in [0.3, 0.4) is 0 Å². The summed E-state index contributed by atoms with van der Waals surface area (Å²) in [5.74, 6) is -0.199. The smallest absolute Gasteiger partial charge is 0.333 e. The van der Waals surface area contributed by atoms with Crippen LogP contribution in [0.15, 0.2) is 11.1 Å². The van der Waals surface area contributed by atoms with Gasteiger partial charge in [-0.3, -0.25) is 0 Å². The molecule has 2 heteroatoms. The van der Waals surface area contributed by atoms with Crippen molar-refractivity contribution in [3.05, 3.63) is 11.1 Å². The third-order valence-corrected chi connectivity index (χ3v) is 2.27. The lowest BCUT2D eigenvalue weighted by atomic mass is 9.85. The highest BCUT2D eigenvalue weighted by Gasteiger charge is 2.18. The van der Waals surface area contributed by atoms with Gasteiger partial charge in [0.15, 0.2) is 0 Å². The zero-order valence-electron chi connectivity index (χ0n) is 9.52. The fourth-order valence-electron chi connectivity index (χ4n) is 0.955. The van der Waals surface area contributed by atoms with Crippen molar-refractivity contribution in [1.82, 2.24) is 0 Å². The molecule has 0 unspecified atom stereocenters. The van der Waals surface area contributed by atoms with Crippen molar-refractivity contribution in [3.8, 4) is 0 Å². The van der Waals surface area contributed by atoms with E-state index < -0.39 is 0 Å². The van der Waals surface area contributed by atoms with Crippen LogP contribution < -0.4 is 0 Å². The number of hydrogen-bond donors (Lipinski definition) is 0. The van der Waals surface area contributed by atoms with Gasteiger partial charge in [-0.2, -0.15) is 0 Å². The second kappa shape index (κ2) is 4.45. The van der Waals surface area contributed by atoms with Crippen molar-refractivity contribution in [2.45, 2.75) is 41.5 Å². The van der Waals surface area contributed by atoms with Crippen molar-refractivity contribution >= 4 is 5.97 Å². The lowest BCUT2D eigenvalue weighted by Gasteiger charge is -2.21. The quantitative estimate of drug-likeness (QED) is 0.487. The van der Waals surface area contributed by atoms with Gasteiger partial charge < -0.3 is 4.74 Å². The molecular formula is C11H20O2. The Morgan fingerprint density at radius 2 is 1.69 bits per heavy atom. The predicted octanol–water partition coefficient (Wildman–Crippen LogP) is 2.93. The van der Waals surface area contributed by atoms with Crippen LogP contribution >= 0.6 is 0 Å². The van der Waals surface area contributed by atoms with E-state index in [0.29, 0.717) is 6.61 Å². The first-order chi connectivity index (χ1) is 5.80. The summed E-state index contributed by atoms with van der Waals surface area (Å²) < 4.78 is 4.92. The lowest BCUT2D eigenvalue weighted by molar-refractivity contribution is -0.138. The molecule has 0 aromatic heterocycles. The van der Waals surface area contributed by atoms with Gasteiger partial charge in [0.05, 0.1) is 6.61 Å². The molecule has 0 aliphatic carbocycles. The van der Waals surface area contributed by atoms with Crippen LogP contribution in [0.2, 0.25) is 0 Å². The largest absolute Gasteiger partial charge is 0.463 e. The molecule has 0 atom stereocenters. The normalized spacial score (nSPS) is 13.7. The Bertz CT molecular complexity index is 219. The van der Waals surface area contributed by atoms with Gasteiger partial charge in [0.25, 0.3) is 0 Å². The maximum atomic E-state index is 11.4. The minimum absolute atomic E-state index is 0.0385. The first-order valence-electron chi connectivity index (χ1n) is 4.65. The molecule has 0 aromatic carbocycles. The predicted molar refractivity (Wildman–Crippen MR) is 54.5 cm³/mol. The van der Waals surface area contributed by atoms with Gasteiger partial charge in [-0.05, 0) is 26.2 Å². The van der Waals surface area contributed by atoms with E-state index in [-0.39, 0.29) is 11.4 Å². The number of esters is 1. The molecule has 2 nitrogen and oxygen atoms in total. The molecule has 0 aliphatic rings. The topological polar surface area (TPSA) is 26.3 Å². The highest BCUT2D eigenvalue weighted by molar-refractivity contribution is 5.88. The van der Waals surface area contributed by atoms with Crippen molar-refractivity contribution in [2.75, 3.05) is 6.61 Å². The zero-order chi connectivity index (χ0) is 10.6. The molecule has 0 N–H and O–H groups in total. The van der Waals surface area contributed by atoms with Crippen LogP contribution in [0.1, 0.15) is 41.5 Å². The second-order valence-corrected chi connectivity index (χ2v) is 4.22. The molecule has 0 rings (SSSR count). The van der Waals surface area contributed by atoms with Gasteiger partial charge in [0.1, 0.15) is 0 Å². The summed E-state index contributed by atoms with van der Waals surface area (Å²) in [6.45, 7) is 12.3. The summed E-state index contributed by atoms with van der Waals surface area (Å²) in [4.78, 5) is 11.4. The highest BCUT2D eigenvalue weighted by atomic mass is 16.5. The second-order valence-electron chi connectivity index (χ2n) is 4.22. The molecule has 0 amide bonds. The molecule has 0 fully saturated rings. The van der Waals surface area contributed by atoms with E-state index >= 15 is 0 Å². The molecule has 0 aromatic rings. The number of hydrogen-bond acceptors (Lipinski definition) is 2. The summed E-state index contributed by atoms with van der Waals surface area (Å²) in [5, 5.41) is 0. The Labute approximate surface area is 81.0 Å². The molecular weight excluding hydrogens is 164 g/mol. The van der Waals surface area contributed by atoms with Crippen molar-refractivity contribution in [1.29, 1.82) is 0 Å². The van der Waals surface area contributed by atoms with Crippen molar-refractivity contribution < 1.29 is 9.53 Å². The molecule has 0 saturated carbocycles. The number of ether oxygens (including phenoxy) is 1. The molecule has 0 heterocycles. The standard InChI is InChI=1S/C11H20O2/c1-7-13-10(12)8(2)9(3)11(4,5)6/h7H2,1-6H3. The van der Waals surface area contributed by atoms with E-state index in [0.717, 1.165) is 11.1 Å². The highest BCUT2D eigenvalue weighted by Crippen LogP contribution is 2.27. The minimum atomic E-state index is -0.199. The number of carbonyl (C=O) groups excluding carboxylic acids is 1. The summed E-state index contributed by atoms with van der Waals surface area (Å²) in [7, 11) is 0. The number of allylic oxidation sites excluding steroid dienone is 1. The van der Waals surface area contributed by atoms with Crippen LogP contribution in [0.25, 0.3) is 0 Å². The van der Waals surface area contributed by atoms with Crippen molar-refractivity contribution in [2.24, 2.45) is 5.41 Å². The zero-order valence-corrected chi connectivity index (χ0v) is 9.52. The van der Waals surface area contributed by atoms with Gasteiger partial charge in [0.2, 0.25) is 0 Å². The first kappa shape index (κ1) is 12.2. The number of rotatable bonds is 2. The SMILES string of the molecule is CCOC(=O)C(C)=C(C)C(C)(C)C. The fourth-order valence-corrected chi connectivity index (χ4v) is 0.955. The third kappa shape index (κ3) is 3.62. The molecule has 0 spiro atoms. The first-order valence-corrected chi connectivity index (χ1v) is 4.65. The Hall–Kier alpha value is -0.790. The van der Waals surface area contributed by atoms with Crippen LogP contribution in [-0.2, 0) is 9.53 Å². The molecule has 0 saturated heterocycles. The molecule has 0 bridgehead atoms. The van der Waals surface area contributed by atoms with Gasteiger partial charge in [-0.1, -0.05) is 26.3 Å². The average molecular weight is 184 g/mol. The maximum absolute atomic E-state index is 11.4. The average Bonchev–Trinajstić information content (AvgIpc) is 2.00. The van der Waals surface area contributed by atoms with E-state index in [1.807, 2.05) is 20.8 Å². The van der Waals surface area contributed by atoms with Crippen LogP contribution in [0.4, 0.5) is 0 Å². The van der Waals surface area contributed by atoms with Gasteiger partial charge in [-0.25, -0.2) is 4.79 Å². The third-order valence-electron chi connectivity index (χ3n) is 2.27. The van der Waals surface area contributed by atoms with Gasteiger partial charge in [0, 0.05) is 5.57 Å². The number of carbonyl (C=O) groups is 1. The lowest BCUT2D eigenvalue weighted by Crippen LogP contribution is -2.14. The van der Waals surface area contributed by atoms with Crippen LogP contribution in [0.5, 0.6) is 0 Å². The maximum Gasteiger partial charge on any atom is 0.333 e. The summed E-state index contributed by atoms with van der Waals surface area (Å²) in [6.07, 6.45) is 0. The molecule has 13 heavy (non-hydrogen) atoms. The Morgan fingerprint density at radius 3 is 2.00 bits per heavy atom. The van der Waals surface area contributed by atoms with E-state index in [2.05, 4.69) is 20.8 Å². The Balaban J connectivity index is 4.72. The van der Waals surface area contributed by atoms with E-state index in [1.165, 1.54) is 0 Å². The monoisotopic (exact) mass is 184 g/mol. The Morgan fingerprint density at radius 1 is 1.23 bits per heavy atom. The minimum Gasteiger partial charge on any atom is -0.463 e.